The SMILES string of the molecule is COC(=O)[C@@H](CCCCN)NC(=O)CCCOc1ccc2ccccc2c1-c1c(OCCCC(=O)N[C@H](CCCC[NH3+])C(=O)OC)ccc2ccccc12. The molecule has 7 N–H and O–H groups in total. The van der Waals surface area contributed by atoms with Crippen molar-refractivity contribution in [1.82, 2.24) is 10.6 Å². The molecule has 290 valence electrons. The minimum absolute atomic E-state index is 0.167. The number of hydrogen-bond donors (Lipinski definition) is 4. The van der Waals surface area contributed by atoms with E-state index in [1.165, 1.54) is 14.2 Å². The van der Waals surface area contributed by atoms with Crippen LogP contribution >= 0.6 is 0 Å². The number of esters is 2. The molecule has 12 heteroatoms. The minimum Gasteiger partial charge on any atom is -0.493 e. The highest BCUT2D eigenvalue weighted by Crippen LogP contribution is 2.45. The zero-order valence-corrected chi connectivity index (χ0v) is 31.5. The van der Waals surface area contributed by atoms with Crippen molar-refractivity contribution in [1.29, 1.82) is 0 Å². The monoisotopic (exact) mass is 743 g/mol. The first-order valence-electron chi connectivity index (χ1n) is 18.8. The molecule has 0 radical (unpaired) electrons. The number of hydrogen-bond acceptors (Lipinski definition) is 9. The van der Waals surface area contributed by atoms with Gasteiger partial charge in [0.25, 0.3) is 0 Å². The van der Waals surface area contributed by atoms with Gasteiger partial charge in [-0.1, -0.05) is 60.7 Å². The number of benzene rings is 4. The Morgan fingerprint density at radius 1 is 0.611 bits per heavy atom. The molecule has 0 aromatic heterocycles. The number of methoxy groups -OCH3 is 2. The largest absolute Gasteiger partial charge is 0.493 e. The molecule has 0 heterocycles. The zero-order chi connectivity index (χ0) is 38.7. The Kier molecular flexibility index (Phi) is 17.0. The summed E-state index contributed by atoms with van der Waals surface area (Å²) in [4.78, 5) is 50.2. The van der Waals surface area contributed by atoms with Gasteiger partial charge in [0.15, 0.2) is 0 Å². The summed E-state index contributed by atoms with van der Waals surface area (Å²) in [5.74, 6) is -0.156. The predicted molar refractivity (Wildman–Crippen MR) is 209 cm³/mol. The maximum Gasteiger partial charge on any atom is 0.328 e. The smallest absolute Gasteiger partial charge is 0.328 e. The van der Waals surface area contributed by atoms with Crippen LogP contribution in [-0.4, -0.2) is 76.4 Å². The molecule has 0 aliphatic carbocycles. The Labute approximate surface area is 317 Å². The highest BCUT2D eigenvalue weighted by atomic mass is 16.5. The van der Waals surface area contributed by atoms with E-state index >= 15 is 0 Å². The fourth-order valence-electron chi connectivity index (χ4n) is 6.42. The van der Waals surface area contributed by atoms with Crippen molar-refractivity contribution in [3.8, 4) is 22.6 Å². The van der Waals surface area contributed by atoms with Gasteiger partial charge in [-0.25, -0.2) is 9.59 Å². The molecule has 54 heavy (non-hydrogen) atoms. The second kappa shape index (κ2) is 22.1. The van der Waals surface area contributed by atoms with Gasteiger partial charge >= 0.3 is 11.9 Å². The summed E-state index contributed by atoms with van der Waals surface area (Å²) in [5, 5.41) is 9.60. The van der Waals surface area contributed by atoms with Gasteiger partial charge in [-0.3, -0.25) is 9.59 Å². The van der Waals surface area contributed by atoms with Crippen LogP contribution in [0.2, 0.25) is 0 Å². The van der Waals surface area contributed by atoms with E-state index in [1.54, 1.807) is 0 Å². The molecular weight excluding hydrogens is 688 g/mol. The van der Waals surface area contributed by atoms with Crippen LogP contribution in [-0.2, 0) is 28.7 Å². The maximum absolute atomic E-state index is 12.8. The lowest BCUT2D eigenvalue weighted by Gasteiger charge is -2.20. The van der Waals surface area contributed by atoms with Gasteiger partial charge in [0, 0.05) is 24.0 Å². The Balaban J connectivity index is 1.51. The average molecular weight is 744 g/mol. The molecule has 4 aromatic rings. The first-order valence-corrected chi connectivity index (χ1v) is 18.8. The van der Waals surface area contributed by atoms with Gasteiger partial charge in [0.05, 0.1) is 34.0 Å². The lowest BCUT2D eigenvalue weighted by atomic mass is 9.92. The van der Waals surface area contributed by atoms with Crippen LogP contribution in [0.25, 0.3) is 32.7 Å². The third-order valence-electron chi connectivity index (χ3n) is 9.22. The molecule has 0 bridgehead atoms. The number of carbonyl (C=O) groups excluding carboxylic acids is 4. The molecule has 0 aliphatic heterocycles. The third kappa shape index (κ3) is 11.9. The number of quaternary nitrogens is 1. The van der Waals surface area contributed by atoms with Gasteiger partial charge < -0.3 is 41.0 Å². The number of nitrogens with one attached hydrogen (secondary N) is 2. The highest BCUT2D eigenvalue weighted by molar-refractivity contribution is 6.09. The van der Waals surface area contributed by atoms with Gasteiger partial charge in [-0.2, -0.15) is 0 Å². The van der Waals surface area contributed by atoms with E-state index in [1.807, 2.05) is 72.8 Å². The van der Waals surface area contributed by atoms with Crippen molar-refractivity contribution in [2.75, 3.05) is 40.5 Å². The first-order chi connectivity index (χ1) is 26.3. The number of nitrogens with two attached hydrogens (primary N) is 1. The Morgan fingerprint density at radius 3 is 1.48 bits per heavy atom. The Hall–Kier alpha value is -5.20. The number of carbonyl (C=O) groups is 4. The van der Waals surface area contributed by atoms with Crippen molar-refractivity contribution in [3.05, 3.63) is 72.8 Å². The Morgan fingerprint density at radius 2 is 1.06 bits per heavy atom. The van der Waals surface area contributed by atoms with Crippen LogP contribution in [0.15, 0.2) is 72.8 Å². The highest BCUT2D eigenvalue weighted by Gasteiger charge is 2.23. The number of amides is 2. The fourth-order valence-corrected chi connectivity index (χ4v) is 6.42. The van der Waals surface area contributed by atoms with Gasteiger partial charge in [-0.15, -0.1) is 0 Å². The lowest BCUT2D eigenvalue weighted by Crippen LogP contribution is -2.50. The van der Waals surface area contributed by atoms with Crippen LogP contribution in [0.4, 0.5) is 0 Å². The molecule has 0 saturated heterocycles. The second-order valence-electron chi connectivity index (χ2n) is 13.1. The molecule has 4 aromatic carbocycles. The van der Waals surface area contributed by atoms with Gasteiger partial charge in [0.1, 0.15) is 23.6 Å². The van der Waals surface area contributed by atoms with Gasteiger partial charge in [-0.05, 0) is 91.6 Å². The Bertz CT molecular complexity index is 1710. The summed E-state index contributed by atoms with van der Waals surface area (Å²) in [6, 6.07) is 22.6. The third-order valence-corrected chi connectivity index (χ3v) is 9.22. The van der Waals surface area contributed by atoms with Crippen molar-refractivity contribution in [2.45, 2.75) is 76.3 Å². The first kappa shape index (κ1) is 41.6. The van der Waals surface area contributed by atoms with Crippen molar-refractivity contribution in [2.24, 2.45) is 5.73 Å². The summed E-state index contributed by atoms with van der Waals surface area (Å²) >= 11 is 0. The van der Waals surface area contributed by atoms with Crippen molar-refractivity contribution < 1.29 is 43.9 Å². The van der Waals surface area contributed by atoms with E-state index in [0.29, 0.717) is 50.1 Å². The summed E-state index contributed by atoms with van der Waals surface area (Å²) in [5.41, 5.74) is 11.1. The van der Waals surface area contributed by atoms with E-state index in [4.69, 9.17) is 24.7 Å². The van der Waals surface area contributed by atoms with Crippen LogP contribution < -0.4 is 31.6 Å². The van der Waals surface area contributed by atoms with Crippen molar-refractivity contribution >= 4 is 45.3 Å². The van der Waals surface area contributed by atoms with E-state index in [2.05, 4.69) is 16.4 Å². The molecule has 0 saturated carbocycles. The molecule has 2 amide bonds. The van der Waals surface area contributed by atoms with Crippen LogP contribution in [0.5, 0.6) is 11.5 Å². The minimum atomic E-state index is -0.716. The summed E-state index contributed by atoms with van der Waals surface area (Å²) in [6.07, 6.45) is 5.23. The molecule has 4 rings (SSSR count). The summed E-state index contributed by atoms with van der Waals surface area (Å²) in [7, 11) is 2.63. The molecular formula is C42H55N4O8+. The van der Waals surface area contributed by atoms with E-state index in [-0.39, 0.29) is 37.9 Å². The maximum atomic E-state index is 12.8. The quantitative estimate of drug-likeness (QED) is 0.0611. The molecule has 0 aliphatic rings. The van der Waals surface area contributed by atoms with Gasteiger partial charge in [0.2, 0.25) is 11.8 Å². The van der Waals surface area contributed by atoms with Crippen LogP contribution in [0.3, 0.4) is 0 Å². The molecule has 0 unspecified atom stereocenters. The van der Waals surface area contributed by atoms with Crippen LogP contribution in [0.1, 0.15) is 64.2 Å². The number of ether oxygens (including phenoxy) is 4. The van der Waals surface area contributed by atoms with Crippen LogP contribution in [0, 0.1) is 0 Å². The lowest BCUT2D eigenvalue weighted by molar-refractivity contribution is -0.368. The molecule has 2 atom stereocenters. The normalized spacial score (nSPS) is 12.1. The zero-order valence-electron chi connectivity index (χ0n) is 31.5. The average Bonchev–Trinajstić information content (AvgIpc) is 3.19. The molecule has 0 spiro atoms. The number of unbranched alkanes of at least 4 members (excludes halogenated alkanes) is 2. The van der Waals surface area contributed by atoms with E-state index in [9.17, 15) is 19.2 Å². The topological polar surface area (TPSA) is 183 Å². The number of rotatable bonds is 23. The molecule has 12 nitrogen and oxygen atoms in total. The van der Waals surface area contributed by atoms with Crippen molar-refractivity contribution in [3.63, 3.8) is 0 Å². The second-order valence-corrected chi connectivity index (χ2v) is 13.1. The summed E-state index contributed by atoms with van der Waals surface area (Å²) < 4.78 is 22.6. The van der Waals surface area contributed by atoms with E-state index in [0.717, 1.165) is 58.5 Å². The summed E-state index contributed by atoms with van der Waals surface area (Å²) in [6.45, 7) is 1.79. The molecule has 0 fully saturated rings. The van der Waals surface area contributed by atoms with E-state index < -0.39 is 24.0 Å². The number of fused-ring (bicyclic) bond motifs is 2. The standard InChI is InChI=1S/C42H54N4O8/c1-51-41(49)33(17-7-9-25-43)45-37(47)19-11-27-53-35-23-21-29-13-3-5-15-31(29)39(35)40-32-16-6-4-14-30(32)22-24-36(40)54-28-12-20-38(48)46-34(42(50)52-2)18-8-10-26-44/h3-6,13-16,21-24,33-34H,7-12,17-20,25-28,43-44H2,1-2H3,(H,45,47)(H,46,48)/p+1/t33-,34-/m1/s1. The predicted octanol–water partition coefficient (Wildman–Crippen LogP) is 4.83. The fraction of sp³-hybridized carbons (Fsp3) is 0.429.